The minimum absolute atomic E-state index is 0.328. The molecule has 0 fully saturated rings. The van der Waals surface area contributed by atoms with Gasteiger partial charge < -0.3 is 14.8 Å². The lowest BCUT2D eigenvalue weighted by Crippen LogP contribution is -2.20. The number of anilines is 1. The van der Waals surface area contributed by atoms with Gasteiger partial charge in [0.2, 0.25) is 0 Å². The molecule has 0 saturated heterocycles. The Balaban J connectivity index is 1.50. The zero-order valence-electron chi connectivity index (χ0n) is 14.2. The second kappa shape index (κ2) is 8.87. The highest BCUT2D eigenvalue weighted by molar-refractivity contribution is 6.30. The molecule has 0 aliphatic carbocycles. The molecule has 1 amide bonds. The van der Waals surface area contributed by atoms with Crippen LogP contribution in [0.4, 0.5) is 5.69 Å². The fraction of sp³-hybridized carbons (Fsp3) is 0.0476. The fourth-order valence-corrected chi connectivity index (χ4v) is 2.35. The van der Waals surface area contributed by atoms with Crippen molar-refractivity contribution >= 4 is 29.2 Å². The molecule has 3 aromatic carbocycles. The molecule has 3 rings (SSSR count). The topological polar surface area (TPSA) is 64.6 Å². The molecular formula is C21H16ClNO4. The van der Waals surface area contributed by atoms with Crippen molar-refractivity contribution in [1.82, 2.24) is 0 Å². The van der Waals surface area contributed by atoms with E-state index in [0.717, 1.165) is 0 Å². The molecule has 0 aromatic heterocycles. The normalized spacial score (nSPS) is 10.1. The Labute approximate surface area is 161 Å². The number of carbonyl (C=O) groups is 2. The van der Waals surface area contributed by atoms with Crippen LogP contribution in [-0.2, 0) is 9.53 Å². The minimum atomic E-state index is -0.590. The number of hydrogen-bond acceptors (Lipinski definition) is 4. The first-order valence-corrected chi connectivity index (χ1v) is 8.53. The van der Waals surface area contributed by atoms with Crippen LogP contribution in [0, 0.1) is 0 Å². The van der Waals surface area contributed by atoms with Crippen molar-refractivity contribution in [3.63, 3.8) is 0 Å². The predicted octanol–water partition coefficient (Wildman–Crippen LogP) is 4.93. The summed E-state index contributed by atoms with van der Waals surface area (Å²) in [5, 5.41) is 3.19. The van der Waals surface area contributed by atoms with Gasteiger partial charge in [0.1, 0.15) is 11.5 Å². The molecule has 0 aliphatic rings. The SMILES string of the molecule is O=C(COC(=O)c1ccc(Oc2ccccc2)cc1)Nc1ccc(Cl)cc1. The van der Waals surface area contributed by atoms with Gasteiger partial charge in [-0.15, -0.1) is 0 Å². The van der Waals surface area contributed by atoms with Crippen LogP contribution in [0.2, 0.25) is 5.02 Å². The Bertz CT molecular complexity index is 909. The first-order chi connectivity index (χ1) is 13.1. The Hall–Kier alpha value is -3.31. The molecule has 0 bridgehead atoms. The van der Waals surface area contributed by atoms with Crippen molar-refractivity contribution in [3.05, 3.63) is 89.4 Å². The summed E-state index contributed by atoms with van der Waals surface area (Å²) in [6, 6.07) is 22.4. The molecule has 5 nitrogen and oxygen atoms in total. The van der Waals surface area contributed by atoms with Gasteiger partial charge in [0.05, 0.1) is 5.56 Å². The highest BCUT2D eigenvalue weighted by atomic mass is 35.5. The van der Waals surface area contributed by atoms with E-state index >= 15 is 0 Å². The van der Waals surface area contributed by atoms with Crippen molar-refractivity contribution in [2.24, 2.45) is 0 Å². The van der Waals surface area contributed by atoms with Crippen LogP contribution in [-0.4, -0.2) is 18.5 Å². The number of amides is 1. The Kier molecular flexibility index (Phi) is 6.07. The molecule has 0 aliphatic heterocycles. The largest absolute Gasteiger partial charge is 0.457 e. The summed E-state index contributed by atoms with van der Waals surface area (Å²) in [5.41, 5.74) is 0.901. The van der Waals surface area contributed by atoms with Gasteiger partial charge >= 0.3 is 5.97 Å². The number of para-hydroxylation sites is 1. The summed E-state index contributed by atoms with van der Waals surface area (Å²) in [6.07, 6.45) is 0. The molecule has 0 radical (unpaired) electrons. The zero-order valence-corrected chi connectivity index (χ0v) is 15.0. The second-order valence-electron chi connectivity index (χ2n) is 5.57. The number of benzene rings is 3. The molecule has 1 N–H and O–H groups in total. The number of rotatable bonds is 6. The van der Waals surface area contributed by atoms with Crippen LogP contribution in [0.5, 0.6) is 11.5 Å². The van der Waals surface area contributed by atoms with Crippen molar-refractivity contribution < 1.29 is 19.1 Å². The highest BCUT2D eigenvalue weighted by Gasteiger charge is 2.11. The first-order valence-electron chi connectivity index (χ1n) is 8.16. The molecule has 0 heterocycles. The van der Waals surface area contributed by atoms with E-state index in [0.29, 0.717) is 27.8 Å². The molecular weight excluding hydrogens is 366 g/mol. The standard InChI is InChI=1S/C21H16ClNO4/c22-16-8-10-17(11-9-16)23-20(24)14-26-21(25)15-6-12-19(13-7-15)27-18-4-2-1-3-5-18/h1-13H,14H2,(H,23,24). The number of ether oxygens (including phenoxy) is 2. The lowest BCUT2D eigenvalue weighted by Gasteiger charge is -2.08. The van der Waals surface area contributed by atoms with Crippen LogP contribution >= 0.6 is 11.6 Å². The monoisotopic (exact) mass is 381 g/mol. The number of halogens is 1. The molecule has 3 aromatic rings. The van der Waals surface area contributed by atoms with E-state index in [-0.39, 0.29) is 6.61 Å². The maximum absolute atomic E-state index is 12.1. The van der Waals surface area contributed by atoms with Gasteiger partial charge in [-0.1, -0.05) is 29.8 Å². The van der Waals surface area contributed by atoms with Crippen LogP contribution in [0.25, 0.3) is 0 Å². The Morgan fingerprint density at radius 2 is 1.44 bits per heavy atom. The Morgan fingerprint density at radius 3 is 2.11 bits per heavy atom. The van der Waals surface area contributed by atoms with E-state index in [4.69, 9.17) is 21.1 Å². The van der Waals surface area contributed by atoms with Gasteiger partial charge in [0.25, 0.3) is 5.91 Å². The first kappa shape index (κ1) is 18.5. The van der Waals surface area contributed by atoms with E-state index in [1.165, 1.54) is 0 Å². The maximum Gasteiger partial charge on any atom is 0.338 e. The van der Waals surface area contributed by atoms with Crippen LogP contribution in [0.3, 0.4) is 0 Å². The summed E-state index contributed by atoms with van der Waals surface area (Å²) in [5.74, 6) is 0.271. The van der Waals surface area contributed by atoms with Gasteiger partial charge in [0, 0.05) is 10.7 Å². The average molecular weight is 382 g/mol. The second-order valence-corrected chi connectivity index (χ2v) is 6.01. The summed E-state index contributed by atoms with van der Waals surface area (Å²) >= 11 is 5.78. The number of nitrogens with one attached hydrogen (secondary N) is 1. The fourth-order valence-electron chi connectivity index (χ4n) is 2.23. The third kappa shape index (κ3) is 5.59. The highest BCUT2D eigenvalue weighted by Crippen LogP contribution is 2.21. The summed E-state index contributed by atoms with van der Waals surface area (Å²) in [7, 11) is 0. The quantitative estimate of drug-likeness (QED) is 0.615. The van der Waals surface area contributed by atoms with Crippen molar-refractivity contribution in [2.75, 3.05) is 11.9 Å². The maximum atomic E-state index is 12.1. The predicted molar refractivity (Wildman–Crippen MR) is 103 cm³/mol. The third-order valence-electron chi connectivity index (χ3n) is 3.53. The lowest BCUT2D eigenvalue weighted by molar-refractivity contribution is -0.119. The van der Waals surface area contributed by atoms with Gasteiger partial charge in [0.15, 0.2) is 6.61 Å². The number of carbonyl (C=O) groups excluding carboxylic acids is 2. The van der Waals surface area contributed by atoms with Gasteiger partial charge in [-0.05, 0) is 60.7 Å². The van der Waals surface area contributed by atoms with Crippen LogP contribution in [0.1, 0.15) is 10.4 Å². The minimum Gasteiger partial charge on any atom is -0.457 e. The van der Waals surface area contributed by atoms with Gasteiger partial charge in [-0.2, -0.15) is 0 Å². The molecule has 0 saturated carbocycles. The van der Waals surface area contributed by atoms with Gasteiger partial charge in [-0.25, -0.2) is 4.79 Å². The average Bonchev–Trinajstić information content (AvgIpc) is 2.69. The number of hydrogen-bond donors (Lipinski definition) is 1. The van der Waals surface area contributed by atoms with E-state index in [9.17, 15) is 9.59 Å². The smallest absolute Gasteiger partial charge is 0.338 e. The Morgan fingerprint density at radius 1 is 0.815 bits per heavy atom. The van der Waals surface area contributed by atoms with Crippen LogP contribution in [0.15, 0.2) is 78.9 Å². The van der Waals surface area contributed by atoms with Gasteiger partial charge in [-0.3, -0.25) is 4.79 Å². The van der Waals surface area contributed by atoms with Crippen LogP contribution < -0.4 is 10.1 Å². The number of esters is 1. The lowest BCUT2D eigenvalue weighted by atomic mass is 10.2. The zero-order chi connectivity index (χ0) is 19.1. The molecule has 136 valence electrons. The molecule has 6 heteroatoms. The van der Waals surface area contributed by atoms with Crippen molar-refractivity contribution in [1.29, 1.82) is 0 Å². The summed E-state index contributed by atoms with van der Waals surface area (Å²) < 4.78 is 10.7. The molecule has 27 heavy (non-hydrogen) atoms. The van der Waals surface area contributed by atoms with E-state index < -0.39 is 11.9 Å². The molecule has 0 atom stereocenters. The molecule has 0 spiro atoms. The van der Waals surface area contributed by atoms with Crippen molar-refractivity contribution in [3.8, 4) is 11.5 Å². The van der Waals surface area contributed by atoms with E-state index in [2.05, 4.69) is 5.32 Å². The van der Waals surface area contributed by atoms with E-state index in [1.807, 2.05) is 30.3 Å². The summed E-state index contributed by atoms with van der Waals surface area (Å²) in [4.78, 5) is 23.9. The summed E-state index contributed by atoms with van der Waals surface area (Å²) in [6.45, 7) is -0.385. The van der Waals surface area contributed by atoms with E-state index in [1.54, 1.807) is 48.5 Å². The third-order valence-corrected chi connectivity index (χ3v) is 3.78. The molecule has 0 unspecified atom stereocenters. The van der Waals surface area contributed by atoms with Crippen molar-refractivity contribution in [2.45, 2.75) is 0 Å².